The van der Waals surface area contributed by atoms with Crippen molar-refractivity contribution in [2.24, 2.45) is 0 Å². The molecule has 10 heteroatoms. The van der Waals surface area contributed by atoms with Gasteiger partial charge in [0.1, 0.15) is 11.2 Å². The van der Waals surface area contributed by atoms with Crippen LogP contribution in [0.4, 0.5) is 4.39 Å². The zero-order valence-corrected chi connectivity index (χ0v) is 18.3. The molecular formula is C21H21FN2O5S2. The lowest BCUT2D eigenvalue weighted by Gasteiger charge is -2.24. The minimum atomic E-state index is -3.53. The van der Waals surface area contributed by atoms with E-state index in [0.29, 0.717) is 23.4 Å². The van der Waals surface area contributed by atoms with Crippen LogP contribution in [-0.2, 0) is 24.3 Å². The second-order valence-corrected chi connectivity index (χ2v) is 9.62. The lowest BCUT2D eigenvalue weighted by molar-refractivity contribution is -0.148. The Hall–Kier alpha value is -2.69. The van der Waals surface area contributed by atoms with Crippen molar-refractivity contribution in [3.63, 3.8) is 0 Å². The Bertz CT molecular complexity index is 1090. The van der Waals surface area contributed by atoms with Crippen molar-refractivity contribution in [2.75, 3.05) is 26.0 Å². The standard InChI is InChI=1S/C21H21FN2O5S2/c1-23-31(27,28)16-9-6-15(7-10-16)8-11-20(26)29-14-19(25)24-12-13-30-21(24)17-4-2-3-5-18(17)22/h2-11,21,23H,12-14H2,1H3/b11-8+. The molecule has 2 aromatic carbocycles. The Labute approximate surface area is 184 Å². The minimum Gasteiger partial charge on any atom is -0.452 e. The van der Waals surface area contributed by atoms with E-state index < -0.39 is 33.9 Å². The molecule has 1 amide bonds. The first-order valence-electron chi connectivity index (χ1n) is 9.36. The number of benzene rings is 2. The zero-order valence-electron chi connectivity index (χ0n) is 16.7. The first kappa shape index (κ1) is 23.0. The van der Waals surface area contributed by atoms with Crippen LogP contribution in [0.3, 0.4) is 0 Å². The van der Waals surface area contributed by atoms with Crippen molar-refractivity contribution in [3.8, 4) is 0 Å². The van der Waals surface area contributed by atoms with E-state index in [9.17, 15) is 22.4 Å². The number of nitrogens with one attached hydrogen (secondary N) is 1. The highest BCUT2D eigenvalue weighted by Crippen LogP contribution is 2.38. The fraction of sp³-hybridized carbons (Fsp3) is 0.238. The molecule has 1 atom stereocenters. The fourth-order valence-electron chi connectivity index (χ4n) is 2.96. The maximum absolute atomic E-state index is 14.1. The number of halogens is 1. The molecular weight excluding hydrogens is 443 g/mol. The predicted molar refractivity (Wildman–Crippen MR) is 116 cm³/mol. The van der Waals surface area contributed by atoms with E-state index in [2.05, 4.69) is 4.72 Å². The van der Waals surface area contributed by atoms with Crippen LogP contribution in [-0.4, -0.2) is 51.1 Å². The van der Waals surface area contributed by atoms with E-state index in [-0.39, 0.29) is 10.7 Å². The Morgan fingerprint density at radius 1 is 1.23 bits per heavy atom. The molecule has 1 heterocycles. The molecule has 3 rings (SSSR count). The lowest BCUT2D eigenvalue weighted by atomic mass is 10.2. The third-order valence-corrected chi connectivity index (χ3v) is 7.26. The van der Waals surface area contributed by atoms with Crippen LogP contribution < -0.4 is 4.72 Å². The summed E-state index contributed by atoms with van der Waals surface area (Å²) >= 11 is 1.46. The topological polar surface area (TPSA) is 92.8 Å². The van der Waals surface area contributed by atoms with Crippen LogP contribution in [0, 0.1) is 5.82 Å². The maximum Gasteiger partial charge on any atom is 0.331 e. The molecule has 0 bridgehead atoms. The summed E-state index contributed by atoms with van der Waals surface area (Å²) in [4.78, 5) is 26.1. The lowest BCUT2D eigenvalue weighted by Crippen LogP contribution is -2.34. The molecule has 31 heavy (non-hydrogen) atoms. The number of thioether (sulfide) groups is 1. The summed E-state index contributed by atoms with van der Waals surface area (Å²) in [5.74, 6) is -0.831. The summed E-state index contributed by atoms with van der Waals surface area (Å²) in [6, 6.07) is 12.2. The predicted octanol–water partition coefficient (Wildman–Crippen LogP) is 2.56. The van der Waals surface area contributed by atoms with Gasteiger partial charge in [-0.3, -0.25) is 4.79 Å². The molecule has 0 saturated carbocycles. The van der Waals surface area contributed by atoms with Crippen LogP contribution >= 0.6 is 11.8 Å². The normalized spacial score (nSPS) is 16.6. The number of ether oxygens (including phenoxy) is 1. The Morgan fingerprint density at radius 2 is 1.94 bits per heavy atom. The number of nitrogens with zero attached hydrogens (tertiary/aromatic N) is 1. The Balaban J connectivity index is 1.55. The molecule has 1 aliphatic rings. The number of carbonyl (C=O) groups excluding carboxylic acids is 2. The van der Waals surface area contributed by atoms with Gasteiger partial charge in [0, 0.05) is 23.9 Å². The molecule has 1 unspecified atom stereocenters. The number of sulfonamides is 1. The summed E-state index contributed by atoms with van der Waals surface area (Å²) in [6.07, 6.45) is 2.61. The first-order valence-corrected chi connectivity index (χ1v) is 11.9. The fourth-order valence-corrected chi connectivity index (χ4v) is 4.99. The number of hydrogen-bond acceptors (Lipinski definition) is 6. The summed E-state index contributed by atoms with van der Waals surface area (Å²) in [5, 5.41) is -0.449. The molecule has 0 radical (unpaired) electrons. The van der Waals surface area contributed by atoms with E-state index in [1.807, 2.05) is 0 Å². The number of esters is 1. The van der Waals surface area contributed by atoms with Crippen molar-refractivity contribution in [1.29, 1.82) is 0 Å². The zero-order chi connectivity index (χ0) is 22.4. The van der Waals surface area contributed by atoms with Crippen molar-refractivity contribution >= 4 is 39.7 Å². The van der Waals surface area contributed by atoms with Gasteiger partial charge < -0.3 is 9.64 Å². The first-order chi connectivity index (χ1) is 14.8. The minimum absolute atomic E-state index is 0.105. The summed E-state index contributed by atoms with van der Waals surface area (Å²) in [7, 11) is -2.21. The van der Waals surface area contributed by atoms with Gasteiger partial charge in [0.25, 0.3) is 5.91 Å². The second-order valence-electron chi connectivity index (χ2n) is 6.55. The van der Waals surface area contributed by atoms with Gasteiger partial charge in [-0.15, -0.1) is 11.8 Å². The molecule has 1 fully saturated rings. The third kappa shape index (κ3) is 5.72. The summed E-state index contributed by atoms with van der Waals surface area (Å²) in [6.45, 7) is -0.00813. The average Bonchev–Trinajstić information content (AvgIpc) is 3.26. The van der Waals surface area contributed by atoms with Crippen LogP contribution in [0.15, 0.2) is 59.5 Å². The van der Waals surface area contributed by atoms with Gasteiger partial charge >= 0.3 is 5.97 Å². The molecule has 0 aliphatic carbocycles. The van der Waals surface area contributed by atoms with Gasteiger partial charge in [-0.05, 0) is 36.9 Å². The monoisotopic (exact) mass is 464 g/mol. The van der Waals surface area contributed by atoms with Gasteiger partial charge in [0.2, 0.25) is 10.0 Å². The average molecular weight is 465 g/mol. The molecule has 1 saturated heterocycles. The largest absolute Gasteiger partial charge is 0.452 e. The molecule has 164 valence electrons. The van der Waals surface area contributed by atoms with Crippen LogP contribution in [0.2, 0.25) is 0 Å². The van der Waals surface area contributed by atoms with E-state index in [1.54, 1.807) is 30.3 Å². The number of amides is 1. The molecule has 1 N–H and O–H groups in total. The number of carbonyl (C=O) groups is 2. The quantitative estimate of drug-likeness (QED) is 0.500. The van der Waals surface area contributed by atoms with E-state index in [1.165, 1.54) is 48.0 Å². The van der Waals surface area contributed by atoms with Gasteiger partial charge in [0.05, 0.1) is 4.90 Å². The van der Waals surface area contributed by atoms with Crippen LogP contribution in [0.5, 0.6) is 0 Å². The molecule has 0 aromatic heterocycles. The number of hydrogen-bond donors (Lipinski definition) is 1. The summed E-state index contributed by atoms with van der Waals surface area (Å²) in [5.41, 5.74) is 1.02. The highest BCUT2D eigenvalue weighted by Gasteiger charge is 2.32. The molecule has 1 aliphatic heterocycles. The van der Waals surface area contributed by atoms with Gasteiger partial charge in [0.15, 0.2) is 6.61 Å². The van der Waals surface area contributed by atoms with Gasteiger partial charge in [-0.1, -0.05) is 30.3 Å². The third-order valence-electron chi connectivity index (χ3n) is 4.59. The van der Waals surface area contributed by atoms with Crippen LogP contribution in [0.25, 0.3) is 6.08 Å². The Kier molecular flexibility index (Phi) is 7.47. The van der Waals surface area contributed by atoms with E-state index >= 15 is 0 Å². The molecule has 7 nitrogen and oxygen atoms in total. The van der Waals surface area contributed by atoms with E-state index in [0.717, 1.165) is 6.08 Å². The van der Waals surface area contributed by atoms with E-state index in [4.69, 9.17) is 4.74 Å². The Morgan fingerprint density at radius 3 is 2.61 bits per heavy atom. The van der Waals surface area contributed by atoms with Crippen molar-refractivity contribution in [1.82, 2.24) is 9.62 Å². The summed E-state index contributed by atoms with van der Waals surface area (Å²) < 4.78 is 44.7. The smallest absolute Gasteiger partial charge is 0.331 e. The van der Waals surface area contributed by atoms with Crippen molar-refractivity contribution < 1.29 is 27.1 Å². The molecule has 2 aromatic rings. The van der Waals surface area contributed by atoms with Crippen molar-refractivity contribution in [3.05, 3.63) is 71.6 Å². The van der Waals surface area contributed by atoms with Crippen LogP contribution in [0.1, 0.15) is 16.5 Å². The highest BCUT2D eigenvalue weighted by molar-refractivity contribution is 7.99. The number of rotatable bonds is 7. The van der Waals surface area contributed by atoms with Gasteiger partial charge in [-0.2, -0.15) is 0 Å². The van der Waals surface area contributed by atoms with Gasteiger partial charge in [-0.25, -0.2) is 22.3 Å². The van der Waals surface area contributed by atoms with Crippen molar-refractivity contribution in [2.45, 2.75) is 10.3 Å². The molecule has 0 spiro atoms. The second kappa shape index (κ2) is 10.1. The maximum atomic E-state index is 14.1. The SMILES string of the molecule is CNS(=O)(=O)c1ccc(/C=C/C(=O)OCC(=O)N2CCSC2c2ccccc2F)cc1. The highest BCUT2D eigenvalue weighted by atomic mass is 32.2.